The van der Waals surface area contributed by atoms with E-state index in [4.69, 9.17) is 0 Å². The van der Waals surface area contributed by atoms with Gasteiger partial charge in [0.15, 0.2) is 0 Å². The molecule has 0 bridgehead atoms. The van der Waals surface area contributed by atoms with E-state index in [9.17, 15) is 0 Å². The molecular formula is C20H23N7. The van der Waals surface area contributed by atoms with Crippen LogP contribution in [0.1, 0.15) is 18.4 Å². The molecule has 1 aliphatic carbocycles. The average Bonchev–Trinajstić information content (AvgIpc) is 3.41. The quantitative estimate of drug-likeness (QED) is 0.460. The van der Waals surface area contributed by atoms with Gasteiger partial charge in [-0.25, -0.2) is 9.97 Å². The maximum Gasteiger partial charge on any atom is 0.224 e. The molecule has 0 amide bonds. The number of aromatic amines is 1. The van der Waals surface area contributed by atoms with Gasteiger partial charge in [-0.1, -0.05) is 12.6 Å². The van der Waals surface area contributed by atoms with Crippen LogP contribution in [0.25, 0.3) is 11.0 Å². The molecule has 1 fully saturated rings. The zero-order chi connectivity index (χ0) is 18.6. The second kappa shape index (κ2) is 7.49. The van der Waals surface area contributed by atoms with E-state index in [1.807, 2.05) is 31.3 Å². The zero-order valence-electron chi connectivity index (χ0n) is 15.3. The van der Waals surface area contributed by atoms with Gasteiger partial charge in [0.2, 0.25) is 5.95 Å². The first-order valence-corrected chi connectivity index (χ1v) is 9.05. The van der Waals surface area contributed by atoms with E-state index >= 15 is 0 Å². The van der Waals surface area contributed by atoms with Crippen LogP contribution in [0.2, 0.25) is 0 Å². The first kappa shape index (κ1) is 17.1. The fourth-order valence-electron chi connectivity index (χ4n) is 2.96. The number of anilines is 2. The number of benzene rings is 1. The van der Waals surface area contributed by atoms with E-state index in [1.165, 1.54) is 18.5 Å². The monoisotopic (exact) mass is 361 g/mol. The lowest BCUT2D eigenvalue weighted by Crippen LogP contribution is -2.10. The predicted octanol–water partition coefficient (Wildman–Crippen LogP) is 3.40. The highest BCUT2D eigenvalue weighted by Gasteiger charge is 2.25. The van der Waals surface area contributed by atoms with Crippen LogP contribution in [0.15, 0.2) is 60.8 Å². The standard InChI is InChI=1S/C20H23N7/c1-13(9-17(21-2)15-4-5-15)26-19-7-8-22-20(27-19)23-11-14-3-6-16-18(10-14)25-12-24-16/h3,6-10,12,15,21H,1,4-5,11H2,2H3,(H,24,25)(H2,22,23,26,27)/b17-9-. The summed E-state index contributed by atoms with van der Waals surface area (Å²) >= 11 is 0. The van der Waals surface area contributed by atoms with Gasteiger partial charge in [-0.2, -0.15) is 4.98 Å². The number of nitrogens with one attached hydrogen (secondary N) is 4. The summed E-state index contributed by atoms with van der Waals surface area (Å²) in [6.45, 7) is 4.71. The highest BCUT2D eigenvalue weighted by molar-refractivity contribution is 5.75. The molecule has 4 rings (SSSR count). The van der Waals surface area contributed by atoms with Gasteiger partial charge in [0.25, 0.3) is 0 Å². The number of nitrogens with zero attached hydrogens (tertiary/aromatic N) is 3. The molecule has 2 heterocycles. The number of hydrogen-bond acceptors (Lipinski definition) is 6. The summed E-state index contributed by atoms with van der Waals surface area (Å²) in [5.41, 5.74) is 5.13. The zero-order valence-corrected chi connectivity index (χ0v) is 15.3. The Morgan fingerprint density at radius 1 is 1.30 bits per heavy atom. The Morgan fingerprint density at radius 3 is 3.00 bits per heavy atom. The van der Waals surface area contributed by atoms with Gasteiger partial charge >= 0.3 is 0 Å². The molecule has 7 nitrogen and oxygen atoms in total. The highest BCUT2D eigenvalue weighted by Crippen LogP contribution is 2.35. The van der Waals surface area contributed by atoms with E-state index in [-0.39, 0.29) is 0 Å². The molecule has 3 aromatic rings. The van der Waals surface area contributed by atoms with E-state index < -0.39 is 0 Å². The molecule has 7 heteroatoms. The van der Waals surface area contributed by atoms with Gasteiger partial charge in [-0.3, -0.25) is 0 Å². The fourth-order valence-corrected chi connectivity index (χ4v) is 2.96. The minimum absolute atomic E-state index is 0.567. The number of hydrogen-bond donors (Lipinski definition) is 4. The fraction of sp³-hybridized carbons (Fsp3) is 0.250. The molecule has 138 valence electrons. The molecule has 0 aliphatic heterocycles. The normalized spacial score (nSPS) is 14.2. The molecule has 0 atom stereocenters. The molecule has 1 saturated carbocycles. The summed E-state index contributed by atoms with van der Waals surface area (Å²) in [5, 5.41) is 9.74. The van der Waals surface area contributed by atoms with Crippen molar-refractivity contribution < 1.29 is 0 Å². The van der Waals surface area contributed by atoms with Crippen molar-refractivity contribution >= 4 is 22.8 Å². The second-order valence-corrected chi connectivity index (χ2v) is 6.65. The summed E-state index contributed by atoms with van der Waals surface area (Å²) in [6, 6.07) is 7.94. The largest absolute Gasteiger partial charge is 0.391 e. The van der Waals surface area contributed by atoms with Crippen molar-refractivity contribution in [2.45, 2.75) is 19.4 Å². The van der Waals surface area contributed by atoms with Gasteiger partial charge in [0, 0.05) is 31.2 Å². The Balaban J connectivity index is 1.38. The summed E-state index contributed by atoms with van der Waals surface area (Å²) in [5.74, 6) is 1.92. The minimum Gasteiger partial charge on any atom is -0.391 e. The van der Waals surface area contributed by atoms with Crippen LogP contribution in [0, 0.1) is 5.92 Å². The van der Waals surface area contributed by atoms with Crippen LogP contribution in [0.3, 0.4) is 0 Å². The predicted molar refractivity (Wildman–Crippen MR) is 108 cm³/mol. The molecule has 0 radical (unpaired) electrons. The third-order valence-corrected chi connectivity index (χ3v) is 4.52. The smallest absolute Gasteiger partial charge is 0.224 e. The Morgan fingerprint density at radius 2 is 2.19 bits per heavy atom. The first-order chi connectivity index (χ1) is 13.2. The van der Waals surface area contributed by atoms with E-state index in [2.05, 4.69) is 48.5 Å². The van der Waals surface area contributed by atoms with Crippen molar-refractivity contribution in [1.82, 2.24) is 25.3 Å². The molecule has 1 aliphatic rings. The number of H-pyrrole nitrogens is 1. The number of fused-ring (bicyclic) bond motifs is 1. The Kier molecular flexibility index (Phi) is 4.74. The highest BCUT2D eigenvalue weighted by atomic mass is 15.1. The SMILES string of the molecule is C=C(/C=C(\NC)C1CC1)Nc1ccnc(NCc2ccc3nc[nH]c3c2)n1. The molecular weight excluding hydrogens is 338 g/mol. The topological polar surface area (TPSA) is 90.5 Å². The van der Waals surface area contributed by atoms with Gasteiger partial charge in [0.05, 0.1) is 17.4 Å². The summed E-state index contributed by atoms with van der Waals surface area (Å²) < 4.78 is 0. The lowest BCUT2D eigenvalue weighted by molar-refractivity contribution is 0.845. The average molecular weight is 361 g/mol. The lowest BCUT2D eigenvalue weighted by atomic mass is 10.2. The molecule has 27 heavy (non-hydrogen) atoms. The lowest BCUT2D eigenvalue weighted by Gasteiger charge is -2.10. The maximum absolute atomic E-state index is 4.51. The Bertz CT molecular complexity index is 985. The molecule has 4 N–H and O–H groups in total. The maximum atomic E-state index is 4.51. The van der Waals surface area contributed by atoms with Crippen LogP contribution in [-0.4, -0.2) is 27.0 Å². The van der Waals surface area contributed by atoms with Crippen LogP contribution in [-0.2, 0) is 6.54 Å². The Labute approximate surface area is 158 Å². The molecule has 0 unspecified atom stereocenters. The van der Waals surface area contributed by atoms with Crippen molar-refractivity contribution in [2.24, 2.45) is 5.92 Å². The van der Waals surface area contributed by atoms with E-state index in [0.717, 1.165) is 22.3 Å². The molecule has 0 saturated heterocycles. The van der Waals surface area contributed by atoms with Crippen molar-refractivity contribution in [3.05, 3.63) is 66.4 Å². The van der Waals surface area contributed by atoms with Crippen molar-refractivity contribution in [3.63, 3.8) is 0 Å². The summed E-state index contributed by atoms with van der Waals surface area (Å²) in [4.78, 5) is 16.2. The van der Waals surface area contributed by atoms with Gasteiger partial charge in [-0.05, 0) is 48.6 Å². The minimum atomic E-state index is 0.567. The van der Waals surface area contributed by atoms with Crippen LogP contribution in [0.5, 0.6) is 0 Å². The Hall–Kier alpha value is -3.35. The van der Waals surface area contributed by atoms with Crippen molar-refractivity contribution in [2.75, 3.05) is 17.7 Å². The van der Waals surface area contributed by atoms with Gasteiger partial charge < -0.3 is 20.9 Å². The summed E-state index contributed by atoms with van der Waals surface area (Å²) in [6.07, 6.45) is 7.96. The number of rotatable bonds is 8. The summed E-state index contributed by atoms with van der Waals surface area (Å²) in [7, 11) is 1.95. The van der Waals surface area contributed by atoms with Crippen LogP contribution < -0.4 is 16.0 Å². The number of allylic oxidation sites excluding steroid dienone is 2. The van der Waals surface area contributed by atoms with Gasteiger partial charge in [-0.15, -0.1) is 0 Å². The van der Waals surface area contributed by atoms with Crippen molar-refractivity contribution in [1.29, 1.82) is 0 Å². The third kappa shape index (κ3) is 4.25. The van der Waals surface area contributed by atoms with Crippen molar-refractivity contribution in [3.8, 4) is 0 Å². The third-order valence-electron chi connectivity index (χ3n) is 4.52. The number of aromatic nitrogens is 4. The second-order valence-electron chi connectivity index (χ2n) is 6.65. The molecule has 0 spiro atoms. The first-order valence-electron chi connectivity index (χ1n) is 9.05. The van der Waals surface area contributed by atoms with Gasteiger partial charge in [0.1, 0.15) is 5.82 Å². The van der Waals surface area contributed by atoms with Crippen LogP contribution in [0.4, 0.5) is 11.8 Å². The van der Waals surface area contributed by atoms with E-state index in [0.29, 0.717) is 24.2 Å². The molecule has 1 aromatic carbocycles. The van der Waals surface area contributed by atoms with E-state index in [1.54, 1.807) is 12.5 Å². The molecule has 2 aromatic heterocycles. The number of imidazole rings is 1. The van der Waals surface area contributed by atoms with Crippen LogP contribution >= 0.6 is 0 Å².